The van der Waals surface area contributed by atoms with Crippen molar-refractivity contribution in [3.63, 3.8) is 0 Å². The van der Waals surface area contributed by atoms with Gasteiger partial charge in [-0.3, -0.25) is 0 Å². The van der Waals surface area contributed by atoms with Crippen LogP contribution in [-0.2, 0) is 18.4 Å². The maximum absolute atomic E-state index is 4.87. The van der Waals surface area contributed by atoms with Crippen LogP contribution in [0.4, 0.5) is 0 Å². The van der Waals surface area contributed by atoms with Crippen LogP contribution < -0.4 is 5.32 Å². The third-order valence-corrected chi connectivity index (χ3v) is 5.56. The molecule has 2 aromatic rings. The molecule has 0 atom stereocenters. The Kier molecular flexibility index (Phi) is 2.54. The Morgan fingerprint density at radius 2 is 2.16 bits per heavy atom. The molecular formula is C16H18N2S. The van der Waals surface area contributed by atoms with E-state index in [4.69, 9.17) is 4.98 Å². The van der Waals surface area contributed by atoms with E-state index in [0.29, 0.717) is 5.41 Å². The van der Waals surface area contributed by atoms with E-state index in [0.717, 1.165) is 25.2 Å². The molecule has 1 N–H and O–H groups in total. The number of thiazole rings is 1. The molecular weight excluding hydrogens is 252 g/mol. The molecule has 0 saturated heterocycles. The Labute approximate surface area is 117 Å². The van der Waals surface area contributed by atoms with Crippen LogP contribution in [0.3, 0.4) is 0 Å². The van der Waals surface area contributed by atoms with Gasteiger partial charge in [0.15, 0.2) is 0 Å². The molecule has 1 aromatic carbocycles. The van der Waals surface area contributed by atoms with E-state index in [2.05, 4.69) is 35.8 Å². The molecule has 98 valence electrons. The van der Waals surface area contributed by atoms with Gasteiger partial charge in [-0.2, -0.15) is 0 Å². The van der Waals surface area contributed by atoms with Gasteiger partial charge in [0.1, 0.15) is 0 Å². The summed E-state index contributed by atoms with van der Waals surface area (Å²) >= 11 is 1.83. The molecule has 1 fully saturated rings. The highest BCUT2D eigenvalue weighted by molar-refractivity contribution is 7.10. The summed E-state index contributed by atoms with van der Waals surface area (Å²) in [5.41, 5.74) is 5.77. The third-order valence-electron chi connectivity index (χ3n) is 4.41. The summed E-state index contributed by atoms with van der Waals surface area (Å²) in [5.74, 6) is 0. The average molecular weight is 270 g/mol. The minimum absolute atomic E-state index is 0.390. The maximum atomic E-state index is 4.87. The Morgan fingerprint density at radius 3 is 3.00 bits per heavy atom. The lowest BCUT2D eigenvalue weighted by Crippen LogP contribution is -2.23. The highest BCUT2D eigenvalue weighted by Crippen LogP contribution is 2.49. The van der Waals surface area contributed by atoms with Gasteiger partial charge in [0.25, 0.3) is 0 Å². The van der Waals surface area contributed by atoms with Crippen LogP contribution >= 0.6 is 11.3 Å². The van der Waals surface area contributed by atoms with E-state index < -0.39 is 0 Å². The molecule has 1 saturated carbocycles. The van der Waals surface area contributed by atoms with Crippen molar-refractivity contribution in [3.8, 4) is 11.3 Å². The van der Waals surface area contributed by atoms with Crippen molar-refractivity contribution >= 4 is 11.3 Å². The second-order valence-electron chi connectivity index (χ2n) is 6.01. The highest BCUT2D eigenvalue weighted by Gasteiger charge is 2.41. The van der Waals surface area contributed by atoms with Crippen molar-refractivity contribution < 1.29 is 0 Å². The van der Waals surface area contributed by atoms with Crippen LogP contribution in [0.1, 0.15) is 35.9 Å². The van der Waals surface area contributed by atoms with Gasteiger partial charge >= 0.3 is 0 Å². The van der Waals surface area contributed by atoms with Gasteiger partial charge in [-0.25, -0.2) is 4.98 Å². The van der Waals surface area contributed by atoms with Crippen molar-refractivity contribution in [1.29, 1.82) is 0 Å². The molecule has 4 rings (SSSR count). The van der Waals surface area contributed by atoms with Gasteiger partial charge in [0, 0.05) is 22.9 Å². The second kappa shape index (κ2) is 4.15. The van der Waals surface area contributed by atoms with Crippen molar-refractivity contribution in [2.24, 2.45) is 0 Å². The Bertz CT molecular complexity index is 625. The Balaban J connectivity index is 1.70. The summed E-state index contributed by atoms with van der Waals surface area (Å²) < 4.78 is 0. The summed E-state index contributed by atoms with van der Waals surface area (Å²) in [6.07, 6.45) is 3.74. The van der Waals surface area contributed by atoms with Gasteiger partial charge < -0.3 is 5.32 Å². The van der Waals surface area contributed by atoms with E-state index >= 15 is 0 Å². The molecule has 19 heavy (non-hydrogen) atoms. The topological polar surface area (TPSA) is 24.9 Å². The van der Waals surface area contributed by atoms with Crippen LogP contribution in [0.5, 0.6) is 0 Å². The minimum atomic E-state index is 0.390. The van der Waals surface area contributed by atoms with Crippen LogP contribution in [0.25, 0.3) is 11.3 Å². The number of hydrogen-bond donors (Lipinski definition) is 1. The molecule has 2 heterocycles. The quantitative estimate of drug-likeness (QED) is 0.903. The standard InChI is InChI=1S/C16H18N2S/c1-16(5-6-16)15-18-14(10-19-15)12-2-3-13-9-17-7-4-11(13)8-12/h2-3,8,10,17H,4-7,9H2,1H3. The number of benzene rings is 1. The highest BCUT2D eigenvalue weighted by atomic mass is 32.1. The number of nitrogens with zero attached hydrogens (tertiary/aromatic N) is 1. The van der Waals surface area contributed by atoms with Crippen LogP contribution in [0, 0.1) is 0 Å². The molecule has 3 heteroatoms. The molecule has 0 amide bonds. The summed E-state index contributed by atoms with van der Waals surface area (Å²) in [6.45, 7) is 4.43. The normalized spacial score (nSPS) is 20.1. The number of fused-ring (bicyclic) bond motifs is 1. The predicted molar refractivity (Wildman–Crippen MR) is 79.5 cm³/mol. The van der Waals surface area contributed by atoms with E-state index in [1.54, 1.807) is 0 Å². The molecule has 2 nitrogen and oxygen atoms in total. The van der Waals surface area contributed by atoms with Gasteiger partial charge in [0.2, 0.25) is 0 Å². The Morgan fingerprint density at radius 1 is 1.26 bits per heavy atom. The van der Waals surface area contributed by atoms with Gasteiger partial charge in [-0.1, -0.05) is 19.1 Å². The molecule has 0 radical (unpaired) electrons. The molecule has 0 bridgehead atoms. The minimum Gasteiger partial charge on any atom is -0.312 e. The summed E-state index contributed by atoms with van der Waals surface area (Å²) in [6, 6.07) is 6.82. The number of aromatic nitrogens is 1. The Hall–Kier alpha value is -1.19. The van der Waals surface area contributed by atoms with Crippen molar-refractivity contribution in [2.75, 3.05) is 6.54 Å². The molecule has 1 aromatic heterocycles. The SMILES string of the molecule is CC1(c2nc(-c3ccc4c(c3)CCNC4)cs2)CC1. The van der Waals surface area contributed by atoms with Crippen molar-refractivity contribution in [2.45, 2.75) is 38.1 Å². The molecule has 2 aliphatic rings. The van der Waals surface area contributed by atoms with E-state index in [1.807, 2.05) is 11.3 Å². The molecule has 1 aliphatic carbocycles. The van der Waals surface area contributed by atoms with Gasteiger partial charge in [-0.15, -0.1) is 11.3 Å². The fourth-order valence-corrected chi connectivity index (χ4v) is 3.77. The lowest BCUT2D eigenvalue weighted by molar-refractivity contribution is 0.644. The fourth-order valence-electron chi connectivity index (χ4n) is 2.72. The average Bonchev–Trinajstić information content (AvgIpc) is 3.02. The van der Waals surface area contributed by atoms with Crippen molar-refractivity contribution in [1.82, 2.24) is 10.3 Å². The van der Waals surface area contributed by atoms with Crippen LogP contribution in [0.2, 0.25) is 0 Å². The number of nitrogens with one attached hydrogen (secondary N) is 1. The zero-order valence-corrected chi connectivity index (χ0v) is 12.0. The monoisotopic (exact) mass is 270 g/mol. The molecule has 1 aliphatic heterocycles. The zero-order valence-electron chi connectivity index (χ0n) is 11.2. The molecule has 0 spiro atoms. The summed E-state index contributed by atoms with van der Waals surface area (Å²) in [5, 5.41) is 6.96. The first-order chi connectivity index (χ1) is 9.24. The number of rotatable bonds is 2. The first-order valence-corrected chi connectivity index (χ1v) is 7.91. The second-order valence-corrected chi connectivity index (χ2v) is 6.87. The smallest absolute Gasteiger partial charge is 0.0991 e. The lowest BCUT2D eigenvalue weighted by Gasteiger charge is -2.17. The van der Waals surface area contributed by atoms with Crippen LogP contribution in [-0.4, -0.2) is 11.5 Å². The van der Waals surface area contributed by atoms with Crippen LogP contribution in [0.15, 0.2) is 23.6 Å². The van der Waals surface area contributed by atoms with E-state index in [9.17, 15) is 0 Å². The molecule has 0 unspecified atom stereocenters. The first-order valence-electron chi connectivity index (χ1n) is 7.04. The summed E-state index contributed by atoms with van der Waals surface area (Å²) in [4.78, 5) is 4.87. The lowest BCUT2D eigenvalue weighted by atomic mass is 9.97. The fraction of sp³-hybridized carbons (Fsp3) is 0.438. The van der Waals surface area contributed by atoms with E-state index in [-0.39, 0.29) is 0 Å². The third kappa shape index (κ3) is 2.01. The van der Waals surface area contributed by atoms with E-state index in [1.165, 1.54) is 34.5 Å². The predicted octanol–water partition coefficient (Wildman–Crippen LogP) is 3.51. The first kappa shape index (κ1) is 11.6. The number of hydrogen-bond acceptors (Lipinski definition) is 3. The largest absolute Gasteiger partial charge is 0.312 e. The maximum Gasteiger partial charge on any atom is 0.0991 e. The zero-order chi connectivity index (χ0) is 12.9. The van der Waals surface area contributed by atoms with Crippen molar-refractivity contribution in [3.05, 3.63) is 39.7 Å². The van der Waals surface area contributed by atoms with Gasteiger partial charge in [0.05, 0.1) is 10.7 Å². The van der Waals surface area contributed by atoms with Gasteiger partial charge in [-0.05, 0) is 43.0 Å². The summed E-state index contributed by atoms with van der Waals surface area (Å²) in [7, 11) is 0.